The summed E-state index contributed by atoms with van der Waals surface area (Å²) >= 11 is 0. The molecule has 0 heterocycles. The maximum atomic E-state index is 10.0. The molecule has 5 heteroatoms. The molecule has 0 saturated heterocycles. The molecule has 0 aromatic heterocycles. The van der Waals surface area contributed by atoms with E-state index in [9.17, 15) is 9.90 Å². The molecule has 0 spiro atoms. The molecule has 0 bridgehead atoms. The average molecular weight is 391 g/mol. The zero-order valence-corrected chi connectivity index (χ0v) is 19.0. The molecular formula is C21H47N2O2P. The number of hydrogen-bond acceptors (Lipinski definition) is 4. The lowest BCUT2D eigenvalue weighted by Gasteiger charge is -2.10. The predicted octanol–water partition coefficient (Wildman–Crippen LogP) is 4.01. The lowest BCUT2D eigenvalue weighted by atomic mass is 10.1. The van der Waals surface area contributed by atoms with Gasteiger partial charge in [0.05, 0.1) is 12.1 Å². The molecular weight excluding hydrogens is 343 g/mol. The highest BCUT2D eigenvalue weighted by molar-refractivity contribution is 7.73. The first-order valence-electron chi connectivity index (χ1n) is 10.7. The maximum absolute atomic E-state index is 10.0. The number of carboxylic acid groups (broad SMARTS) is 1. The first-order valence-corrected chi connectivity index (χ1v) is 14.0. The summed E-state index contributed by atoms with van der Waals surface area (Å²) in [5.41, 5.74) is 10.3. The lowest BCUT2D eigenvalue weighted by molar-refractivity contribution is -0.307. The van der Waals surface area contributed by atoms with Crippen LogP contribution in [0.15, 0.2) is 0 Å². The van der Waals surface area contributed by atoms with E-state index in [1.807, 2.05) is 0 Å². The van der Waals surface area contributed by atoms with Crippen LogP contribution in [0, 0.1) is 0 Å². The Kier molecular flexibility index (Phi) is 21.1. The number of aliphatic carboxylic acids is 1. The Morgan fingerprint density at radius 3 is 1.69 bits per heavy atom. The molecule has 0 aromatic carbocycles. The third kappa shape index (κ3) is 26.1. The molecule has 0 fully saturated rings. The van der Waals surface area contributed by atoms with E-state index in [-0.39, 0.29) is 0 Å². The number of carbonyl (C=O) groups is 1. The normalized spacial score (nSPS) is 12.4. The zero-order valence-electron chi connectivity index (χ0n) is 18.1. The van der Waals surface area contributed by atoms with E-state index in [1.54, 1.807) is 0 Å². The molecule has 4 N–H and O–H groups in total. The van der Waals surface area contributed by atoms with Gasteiger partial charge in [0.15, 0.2) is 0 Å². The number of carboxylic acids is 1. The first kappa shape index (κ1) is 28.0. The lowest BCUT2D eigenvalue weighted by Crippen LogP contribution is -2.41. The van der Waals surface area contributed by atoms with E-state index in [4.69, 9.17) is 11.5 Å². The summed E-state index contributed by atoms with van der Waals surface area (Å²) in [6.45, 7) is 10.2. The molecule has 0 radical (unpaired) electrons. The predicted molar refractivity (Wildman–Crippen MR) is 117 cm³/mol. The topological polar surface area (TPSA) is 92.2 Å². The van der Waals surface area contributed by atoms with Gasteiger partial charge >= 0.3 is 0 Å². The van der Waals surface area contributed by atoms with Crippen LogP contribution in [0.2, 0.25) is 0 Å². The largest absolute Gasteiger partial charge is 0.548 e. The van der Waals surface area contributed by atoms with Crippen LogP contribution in [-0.4, -0.2) is 44.7 Å². The molecule has 0 amide bonds. The van der Waals surface area contributed by atoms with Crippen LogP contribution < -0.4 is 16.6 Å². The fraction of sp³-hybridized carbons (Fsp3) is 0.952. The van der Waals surface area contributed by atoms with Gasteiger partial charge < -0.3 is 21.4 Å². The second kappa shape index (κ2) is 19.6. The number of unbranched alkanes of at least 4 members (excludes halogenated alkanes) is 10. The standard InChI is InChI=1S/C15H34P.C6H14N2O2/c1-5-6-7-8-9-10-11-12-13-14-15-16(2,3)4;7-4-2-1-3-5(8)6(9)10/h5-15H2,1-4H3;5H,1-4,7-8H2,(H,9,10)/q+1;/p-1/t;5-/m.0/s1. The zero-order chi connectivity index (χ0) is 20.3. The highest BCUT2D eigenvalue weighted by Gasteiger charge is 2.15. The van der Waals surface area contributed by atoms with Gasteiger partial charge in [-0.1, -0.05) is 64.7 Å². The highest BCUT2D eigenvalue weighted by atomic mass is 31.2. The minimum Gasteiger partial charge on any atom is -0.548 e. The molecule has 4 nitrogen and oxygen atoms in total. The summed E-state index contributed by atoms with van der Waals surface area (Å²) < 4.78 is 0. The quantitative estimate of drug-likeness (QED) is 0.308. The van der Waals surface area contributed by atoms with Crippen molar-refractivity contribution in [3.05, 3.63) is 0 Å². The van der Waals surface area contributed by atoms with Crippen LogP contribution in [0.4, 0.5) is 0 Å². The molecule has 0 aromatic rings. The Morgan fingerprint density at radius 1 is 0.846 bits per heavy atom. The Labute approximate surface area is 164 Å². The Hall–Kier alpha value is -0.180. The van der Waals surface area contributed by atoms with Crippen molar-refractivity contribution in [3.8, 4) is 0 Å². The Balaban J connectivity index is 0. The van der Waals surface area contributed by atoms with Crippen molar-refractivity contribution in [1.82, 2.24) is 0 Å². The van der Waals surface area contributed by atoms with Gasteiger partial charge in [-0.05, 0) is 32.2 Å². The van der Waals surface area contributed by atoms with Crippen molar-refractivity contribution in [1.29, 1.82) is 0 Å². The van der Waals surface area contributed by atoms with Crippen LogP contribution in [0.1, 0.15) is 90.4 Å². The van der Waals surface area contributed by atoms with Crippen molar-refractivity contribution < 1.29 is 9.90 Å². The average Bonchev–Trinajstić information content (AvgIpc) is 2.56. The van der Waals surface area contributed by atoms with Crippen molar-refractivity contribution in [3.63, 3.8) is 0 Å². The molecule has 0 aliphatic carbocycles. The van der Waals surface area contributed by atoms with E-state index < -0.39 is 19.3 Å². The van der Waals surface area contributed by atoms with Gasteiger partial charge in [0.2, 0.25) is 0 Å². The summed E-state index contributed by atoms with van der Waals surface area (Å²) in [4.78, 5) is 10.0. The van der Waals surface area contributed by atoms with Crippen molar-refractivity contribution in [2.45, 2.75) is 96.4 Å². The van der Waals surface area contributed by atoms with Gasteiger partial charge in [-0.15, -0.1) is 0 Å². The third-order valence-corrected chi connectivity index (χ3v) is 6.11. The van der Waals surface area contributed by atoms with Gasteiger partial charge in [-0.3, -0.25) is 0 Å². The van der Waals surface area contributed by atoms with Gasteiger partial charge in [0.25, 0.3) is 0 Å². The fourth-order valence-corrected chi connectivity index (χ4v) is 3.87. The van der Waals surface area contributed by atoms with Gasteiger partial charge in [-0.2, -0.15) is 0 Å². The number of hydrogen-bond donors (Lipinski definition) is 2. The van der Waals surface area contributed by atoms with E-state index in [0.29, 0.717) is 13.0 Å². The molecule has 0 unspecified atom stereocenters. The monoisotopic (exact) mass is 390 g/mol. The fourth-order valence-electron chi connectivity index (χ4n) is 2.70. The van der Waals surface area contributed by atoms with Crippen molar-refractivity contribution in [2.24, 2.45) is 11.5 Å². The second-order valence-corrected chi connectivity index (χ2v) is 13.4. The van der Waals surface area contributed by atoms with Crippen molar-refractivity contribution >= 4 is 13.2 Å². The summed E-state index contributed by atoms with van der Waals surface area (Å²) in [6.07, 6.45) is 18.2. The van der Waals surface area contributed by atoms with E-state index in [1.165, 1.54) is 70.4 Å². The van der Waals surface area contributed by atoms with Crippen LogP contribution >= 0.6 is 7.26 Å². The van der Waals surface area contributed by atoms with E-state index in [2.05, 4.69) is 26.9 Å². The Morgan fingerprint density at radius 2 is 1.31 bits per heavy atom. The molecule has 1 atom stereocenters. The van der Waals surface area contributed by atoms with Crippen LogP contribution in [0.3, 0.4) is 0 Å². The smallest absolute Gasteiger partial charge is 0.0586 e. The Bertz CT molecular complexity index is 307. The van der Waals surface area contributed by atoms with Gasteiger partial charge in [-0.25, -0.2) is 0 Å². The minimum atomic E-state index is -1.18. The van der Waals surface area contributed by atoms with Crippen LogP contribution in [0.25, 0.3) is 0 Å². The second-order valence-electron chi connectivity index (χ2n) is 8.41. The SMILES string of the molecule is CCCCCCCCCCCC[P+](C)(C)C.NCCCC[C@H](N)C(=O)[O-]. The first-order chi connectivity index (χ1) is 12.2. The molecule has 158 valence electrons. The van der Waals surface area contributed by atoms with Gasteiger partial charge in [0.1, 0.15) is 0 Å². The number of nitrogens with two attached hydrogens (primary N) is 2. The molecule has 0 saturated carbocycles. The summed E-state index contributed by atoms with van der Waals surface area (Å²) in [7, 11) is -0.490. The molecule has 26 heavy (non-hydrogen) atoms. The third-order valence-electron chi connectivity index (χ3n) is 4.45. The van der Waals surface area contributed by atoms with E-state index >= 15 is 0 Å². The highest BCUT2D eigenvalue weighted by Crippen LogP contribution is 2.47. The van der Waals surface area contributed by atoms with Crippen LogP contribution in [0.5, 0.6) is 0 Å². The number of carbonyl (C=O) groups excluding carboxylic acids is 1. The van der Waals surface area contributed by atoms with Gasteiger partial charge in [0, 0.05) is 33.3 Å². The summed E-state index contributed by atoms with van der Waals surface area (Å²) in [5, 5.41) is 10.0. The summed E-state index contributed by atoms with van der Waals surface area (Å²) in [5.74, 6) is -1.18. The molecule has 0 rings (SSSR count). The minimum absolute atomic E-state index is 0.458. The summed E-state index contributed by atoms with van der Waals surface area (Å²) in [6, 6.07) is -0.827. The number of rotatable bonds is 16. The van der Waals surface area contributed by atoms with Crippen molar-refractivity contribution in [2.75, 3.05) is 32.7 Å². The van der Waals surface area contributed by atoms with E-state index in [0.717, 1.165) is 12.8 Å². The molecule has 0 aliphatic rings. The van der Waals surface area contributed by atoms with Crippen LogP contribution in [-0.2, 0) is 4.79 Å². The maximum Gasteiger partial charge on any atom is 0.0586 e. The molecule has 0 aliphatic heterocycles.